The van der Waals surface area contributed by atoms with Crippen molar-refractivity contribution in [3.8, 4) is 5.69 Å². The van der Waals surface area contributed by atoms with E-state index in [1.165, 1.54) is 0 Å². The van der Waals surface area contributed by atoms with Crippen molar-refractivity contribution in [3.05, 3.63) is 102 Å². The minimum absolute atomic E-state index is 0.205. The number of hydrogen-bond donors (Lipinski definition) is 2. The lowest BCUT2D eigenvalue weighted by molar-refractivity contribution is 0.549. The van der Waals surface area contributed by atoms with E-state index < -0.39 is 10.0 Å². The summed E-state index contributed by atoms with van der Waals surface area (Å²) in [6.07, 6.45) is 8.48. The molecule has 0 aliphatic carbocycles. The molecular formula is C25H24N6O2S2. The lowest BCUT2D eigenvalue weighted by atomic mass is 10.0. The summed E-state index contributed by atoms with van der Waals surface area (Å²) in [4.78, 5) is 11.0. The fraction of sp³-hybridized carbons (Fsp3) is 0.160. The number of nitrogens with one attached hydrogen (secondary N) is 2. The average molecular weight is 505 g/mol. The third-order valence-corrected chi connectivity index (χ3v) is 6.79. The molecular weight excluding hydrogens is 480 g/mol. The molecule has 0 unspecified atom stereocenters. The Labute approximate surface area is 209 Å². The van der Waals surface area contributed by atoms with Crippen LogP contribution in [-0.4, -0.2) is 34.3 Å². The molecule has 4 heterocycles. The van der Waals surface area contributed by atoms with E-state index in [1.54, 1.807) is 18.5 Å². The van der Waals surface area contributed by atoms with Gasteiger partial charge in [-0.2, -0.15) is 0 Å². The van der Waals surface area contributed by atoms with Crippen LogP contribution in [0.1, 0.15) is 29.0 Å². The highest BCUT2D eigenvalue weighted by Crippen LogP contribution is 2.42. The van der Waals surface area contributed by atoms with Gasteiger partial charge in [0.2, 0.25) is 10.0 Å². The monoisotopic (exact) mass is 504 g/mol. The molecule has 1 fully saturated rings. The normalized spacial score (nSPS) is 17.9. The van der Waals surface area contributed by atoms with E-state index in [0.29, 0.717) is 10.8 Å². The SMILES string of the molecule is Cc1cc(N2C(=S)N[C@H](c3ccccn3)[C@@H]2c2cccn2-c2cccnc2)ccc1NS(C)(=O)=O. The first-order valence-electron chi connectivity index (χ1n) is 11.0. The van der Waals surface area contributed by atoms with Gasteiger partial charge in [0.05, 0.1) is 35.6 Å². The molecule has 0 saturated carbocycles. The zero-order chi connectivity index (χ0) is 24.6. The number of hydrogen-bond acceptors (Lipinski definition) is 5. The van der Waals surface area contributed by atoms with E-state index in [4.69, 9.17) is 12.2 Å². The Hall–Kier alpha value is -3.76. The van der Waals surface area contributed by atoms with Crippen molar-refractivity contribution in [1.29, 1.82) is 0 Å². The molecule has 4 aromatic rings. The summed E-state index contributed by atoms with van der Waals surface area (Å²) >= 11 is 5.83. The maximum Gasteiger partial charge on any atom is 0.229 e. The Morgan fingerprint density at radius 1 is 1.03 bits per heavy atom. The molecule has 35 heavy (non-hydrogen) atoms. The maximum absolute atomic E-state index is 11.8. The van der Waals surface area contributed by atoms with Crippen molar-refractivity contribution in [2.75, 3.05) is 15.9 Å². The van der Waals surface area contributed by atoms with Crippen LogP contribution in [0.2, 0.25) is 0 Å². The third kappa shape index (κ3) is 4.62. The van der Waals surface area contributed by atoms with E-state index in [0.717, 1.165) is 34.6 Å². The van der Waals surface area contributed by atoms with Crippen LogP contribution in [0.5, 0.6) is 0 Å². The van der Waals surface area contributed by atoms with Crippen LogP contribution in [0.15, 0.2) is 85.5 Å². The number of anilines is 2. The second-order valence-corrected chi connectivity index (χ2v) is 10.5. The molecule has 0 amide bonds. The van der Waals surface area contributed by atoms with Crippen molar-refractivity contribution in [2.45, 2.75) is 19.0 Å². The molecule has 2 N–H and O–H groups in total. The number of sulfonamides is 1. The third-order valence-electron chi connectivity index (χ3n) is 5.89. The van der Waals surface area contributed by atoms with Gasteiger partial charge in [-0.15, -0.1) is 0 Å². The van der Waals surface area contributed by atoms with Crippen LogP contribution in [0, 0.1) is 6.92 Å². The van der Waals surface area contributed by atoms with Crippen molar-refractivity contribution in [2.24, 2.45) is 0 Å². The van der Waals surface area contributed by atoms with E-state index >= 15 is 0 Å². The zero-order valence-corrected chi connectivity index (χ0v) is 20.8. The molecule has 2 atom stereocenters. The van der Waals surface area contributed by atoms with Crippen molar-refractivity contribution < 1.29 is 8.42 Å². The van der Waals surface area contributed by atoms with Crippen LogP contribution in [0.4, 0.5) is 11.4 Å². The molecule has 5 rings (SSSR count). The number of rotatable bonds is 6. The Bertz CT molecular complexity index is 1470. The summed E-state index contributed by atoms with van der Waals surface area (Å²) in [6.45, 7) is 1.87. The first-order valence-corrected chi connectivity index (χ1v) is 13.3. The summed E-state index contributed by atoms with van der Waals surface area (Å²) in [5.41, 5.74) is 4.99. The largest absolute Gasteiger partial charge is 0.351 e. The van der Waals surface area contributed by atoms with Crippen molar-refractivity contribution >= 4 is 38.7 Å². The lowest BCUT2D eigenvalue weighted by Crippen LogP contribution is -2.30. The van der Waals surface area contributed by atoms with Gasteiger partial charge in [0.15, 0.2) is 5.11 Å². The van der Waals surface area contributed by atoms with Crippen molar-refractivity contribution in [1.82, 2.24) is 19.9 Å². The van der Waals surface area contributed by atoms with Gasteiger partial charge in [0.25, 0.3) is 0 Å². The van der Waals surface area contributed by atoms with Gasteiger partial charge in [-0.05, 0) is 79.3 Å². The van der Waals surface area contributed by atoms with Gasteiger partial charge in [-0.3, -0.25) is 14.7 Å². The Kier molecular flexibility index (Phi) is 6.00. The highest BCUT2D eigenvalue weighted by molar-refractivity contribution is 7.92. The fourth-order valence-electron chi connectivity index (χ4n) is 4.41. The molecule has 1 saturated heterocycles. The van der Waals surface area contributed by atoms with Crippen LogP contribution in [0.25, 0.3) is 5.69 Å². The lowest BCUT2D eigenvalue weighted by Gasteiger charge is -2.29. The predicted molar refractivity (Wildman–Crippen MR) is 141 cm³/mol. The van der Waals surface area contributed by atoms with Crippen molar-refractivity contribution in [3.63, 3.8) is 0 Å². The molecule has 1 aliphatic rings. The summed E-state index contributed by atoms with van der Waals surface area (Å²) in [7, 11) is -3.39. The minimum Gasteiger partial charge on any atom is -0.351 e. The number of thiocarbonyl (C=S) groups is 1. The molecule has 178 valence electrons. The van der Waals surface area contributed by atoms with Crippen LogP contribution in [0.3, 0.4) is 0 Å². The summed E-state index contributed by atoms with van der Waals surface area (Å²) in [5.74, 6) is 0. The second kappa shape index (κ2) is 9.12. The molecule has 0 radical (unpaired) electrons. The Morgan fingerprint density at radius 2 is 1.89 bits per heavy atom. The minimum atomic E-state index is -3.39. The fourth-order valence-corrected chi connectivity index (χ4v) is 5.39. The molecule has 1 aromatic carbocycles. The van der Waals surface area contributed by atoms with Crippen LogP contribution >= 0.6 is 12.2 Å². The molecule has 0 bridgehead atoms. The van der Waals surface area contributed by atoms with Crippen LogP contribution < -0.4 is 14.9 Å². The van der Waals surface area contributed by atoms with E-state index in [-0.39, 0.29) is 12.1 Å². The Morgan fingerprint density at radius 3 is 2.57 bits per heavy atom. The smallest absolute Gasteiger partial charge is 0.229 e. The van der Waals surface area contributed by atoms with Gasteiger partial charge in [-0.25, -0.2) is 8.42 Å². The highest BCUT2D eigenvalue weighted by Gasteiger charge is 2.42. The molecule has 1 aliphatic heterocycles. The topological polar surface area (TPSA) is 92.2 Å². The Balaban J connectivity index is 1.63. The molecule has 10 heteroatoms. The molecule has 8 nitrogen and oxygen atoms in total. The average Bonchev–Trinajstić information content (AvgIpc) is 3.45. The number of pyridine rings is 2. The van der Waals surface area contributed by atoms with E-state index in [1.807, 2.05) is 67.8 Å². The van der Waals surface area contributed by atoms with Gasteiger partial charge in [-0.1, -0.05) is 6.07 Å². The highest BCUT2D eigenvalue weighted by atomic mass is 32.2. The zero-order valence-electron chi connectivity index (χ0n) is 19.2. The second-order valence-electron chi connectivity index (χ2n) is 8.38. The number of aromatic nitrogens is 3. The predicted octanol–water partition coefficient (Wildman–Crippen LogP) is 4.12. The quantitative estimate of drug-likeness (QED) is 0.382. The van der Waals surface area contributed by atoms with Crippen LogP contribution in [-0.2, 0) is 10.0 Å². The molecule has 0 spiro atoms. The summed E-state index contributed by atoms with van der Waals surface area (Å²) < 4.78 is 28.2. The number of nitrogens with zero attached hydrogens (tertiary/aromatic N) is 4. The summed E-state index contributed by atoms with van der Waals surface area (Å²) in [6, 6.07) is 19.0. The number of aryl methyl sites for hydroxylation is 1. The van der Waals surface area contributed by atoms with Gasteiger partial charge in [0, 0.05) is 30.0 Å². The van der Waals surface area contributed by atoms with E-state index in [9.17, 15) is 8.42 Å². The van der Waals surface area contributed by atoms with Gasteiger partial charge < -0.3 is 14.8 Å². The number of benzene rings is 1. The standard InChI is InChI=1S/C25H24N6O2S2/c1-17-15-18(10-11-20(17)29-35(2,32)33)31-24(23(28-25(31)34)21-8-3-4-13-27-21)22-9-6-14-30(22)19-7-5-12-26-16-19/h3-16,23-24,29H,1-2H3,(H,28,34)/t23-,24+/m1/s1. The van der Waals surface area contributed by atoms with Gasteiger partial charge >= 0.3 is 0 Å². The van der Waals surface area contributed by atoms with E-state index in [2.05, 4.69) is 35.5 Å². The maximum atomic E-state index is 11.8. The van der Waals surface area contributed by atoms with Gasteiger partial charge in [0.1, 0.15) is 6.04 Å². The summed E-state index contributed by atoms with van der Waals surface area (Å²) in [5, 5.41) is 4.03. The first-order chi connectivity index (χ1) is 16.8. The molecule has 3 aromatic heterocycles. The first kappa shape index (κ1) is 23.0.